The maximum Gasteiger partial charge on any atom is 0.122 e. The topological polar surface area (TPSA) is 30.5 Å². The first-order chi connectivity index (χ1) is 9.67. The zero-order chi connectivity index (χ0) is 14.5. The summed E-state index contributed by atoms with van der Waals surface area (Å²) in [5.74, 6) is 3.36. The summed E-state index contributed by atoms with van der Waals surface area (Å²) in [5.41, 5.74) is 1.22. The van der Waals surface area contributed by atoms with Crippen LogP contribution in [0, 0.1) is 11.8 Å². The van der Waals surface area contributed by atoms with Gasteiger partial charge in [-0.2, -0.15) is 0 Å². The fraction of sp³-hybridized carbons (Fsp3) is 0.647. The van der Waals surface area contributed by atoms with Crippen molar-refractivity contribution in [3.63, 3.8) is 0 Å². The van der Waals surface area contributed by atoms with Crippen molar-refractivity contribution in [3.8, 4) is 11.5 Å². The van der Waals surface area contributed by atoms with Gasteiger partial charge < -0.3 is 14.8 Å². The van der Waals surface area contributed by atoms with Crippen LogP contribution < -0.4 is 14.8 Å². The average Bonchev–Trinajstić information content (AvgIpc) is 2.84. The van der Waals surface area contributed by atoms with Crippen molar-refractivity contribution in [2.75, 3.05) is 14.2 Å². The molecule has 1 aliphatic rings. The SMILES string of the molecule is CCC1CCC(NCc2cc(OC)cc(OC)c2)C1C. The van der Waals surface area contributed by atoms with E-state index in [2.05, 4.69) is 31.3 Å². The quantitative estimate of drug-likeness (QED) is 0.861. The minimum absolute atomic E-state index is 0.636. The molecule has 0 saturated heterocycles. The summed E-state index contributed by atoms with van der Waals surface area (Å²) in [6.07, 6.45) is 3.95. The summed E-state index contributed by atoms with van der Waals surface area (Å²) in [6.45, 7) is 5.56. The van der Waals surface area contributed by atoms with Gasteiger partial charge in [-0.15, -0.1) is 0 Å². The molecule has 1 fully saturated rings. The Kier molecular flexibility index (Phi) is 5.30. The summed E-state index contributed by atoms with van der Waals surface area (Å²) in [4.78, 5) is 0. The largest absolute Gasteiger partial charge is 0.497 e. The Morgan fingerprint density at radius 2 is 1.75 bits per heavy atom. The fourth-order valence-electron chi connectivity index (χ4n) is 3.33. The van der Waals surface area contributed by atoms with Crippen LogP contribution in [0.4, 0.5) is 0 Å². The second kappa shape index (κ2) is 6.98. The van der Waals surface area contributed by atoms with Gasteiger partial charge in [-0.1, -0.05) is 20.3 Å². The van der Waals surface area contributed by atoms with E-state index in [0.717, 1.165) is 29.9 Å². The van der Waals surface area contributed by atoms with E-state index in [1.807, 2.05) is 6.07 Å². The Labute approximate surface area is 122 Å². The molecule has 3 atom stereocenters. The van der Waals surface area contributed by atoms with Crippen molar-refractivity contribution < 1.29 is 9.47 Å². The molecule has 0 spiro atoms. The molecule has 20 heavy (non-hydrogen) atoms. The highest BCUT2D eigenvalue weighted by Gasteiger charge is 2.30. The monoisotopic (exact) mass is 277 g/mol. The molecule has 0 aliphatic heterocycles. The number of methoxy groups -OCH3 is 2. The molecule has 1 aromatic carbocycles. The molecule has 0 radical (unpaired) electrons. The van der Waals surface area contributed by atoms with E-state index in [1.54, 1.807) is 14.2 Å². The first kappa shape index (κ1) is 15.2. The van der Waals surface area contributed by atoms with Crippen LogP contribution in [0.1, 0.15) is 38.7 Å². The van der Waals surface area contributed by atoms with Crippen LogP contribution in [-0.2, 0) is 6.54 Å². The molecule has 1 saturated carbocycles. The lowest BCUT2D eigenvalue weighted by Gasteiger charge is -2.21. The average molecular weight is 277 g/mol. The molecular formula is C17H27NO2. The lowest BCUT2D eigenvalue weighted by molar-refractivity contribution is 0.343. The molecule has 1 aromatic rings. The summed E-state index contributed by atoms with van der Waals surface area (Å²) in [6, 6.07) is 6.70. The second-order valence-electron chi connectivity index (χ2n) is 5.81. The van der Waals surface area contributed by atoms with Crippen LogP contribution in [0.3, 0.4) is 0 Å². The molecule has 2 rings (SSSR count). The lowest BCUT2D eigenvalue weighted by atomic mass is 9.93. The van der Waals surface area contributed by atoms with Crippen molar-refractivity contribution in [1.82, 2.24) is 5.32 Å². The van der Waals surface area contributed by atoms with Crippen molar-refractivity contribution in [1.29, 1.82) is 0 Å². The summed E-state index contributed by atoms with van der Waals surface area (Å²) in [5, 5.41) is 3.70. The van der Waals surface area contributed by atoms with E-state index in [1.165, 1.54) is 24.8 Å². The number of hydrogen-bond acceptors (Lipinski definition) is 3. The summed E-state index contributed by atoms with van der Waals surface area (Å²) in [7, 11) is 3.38. The molecule has 3 unspecified atom stereocenters. The third-order valence-electron chi connectivity index (χ3n) is 4.73. The van der Waals surface area contributed by atoms with Crippen LogP contribution >= 0.6 is 0 Å². The van der Waals surface area contributed by atoms with Gasteiger partial charge in [-0.05, 0) is 42.4 Å². The number of rotatable bonds is 6. The van der Waals surface area contributed by atoms with Gasteiger partial charge in [0, 0.05) is 18.7 Å². The molecule has 1 aliphatic carbocycles. The molecule has 112 valence electrons. The zero-order valence-electron chi connectivity index (χ0n) is 13.1. The highest BCUT2D eigenvalue weighted by atomic mass is 16.5. The van der Waals surface area contributed by atoms with Crippen LogP contribution in [0.5, 0.6) is 11.5 Å². The summed E-state index contributed by atoms with van der Waals surface area (Å²) < 4.78 is 10.6. The van der Waals surface area contributed by atoms with Gasteiger partial charge in [0.2, 0.25) is 0 Å². The normalized spacial score (nSPS) is 25.7. The van der Waals surface area contributed by atoms with Crippen molar-refractivity contribution in [2.24, 2.45) is 11.8 Å². The summed E-state index contributed by atoms with van der Waals surface area (Å²) >= 11 is 0. The molecule has 0 amide bonds. The molecule has 0 bridgehead atoms. The molecular weight excluding hydrogens is 250 g/mol. The molecule has 1 N–H and O–H groups in total. The first-order valence-corrected chi connectivity index (χ1v) is 7.63. The minimum Gasteiger partial charge on any atom is -0.497 e. The Morgan fingerprint density at radius 3 is 2.25 bits per heavy atom. The fourth-order valence-corrected chi connectivity index (χ4v) is 3.33. The maximum atomic E-state index is 5.32. The van der Waals surface area contributed by atoms with Crippen LogP contribution in [0.15, 0.2) is 18.2 Å². The Balaban J connectivity index is 1.97. The predicted molar refractivity (Wildman–Crippen MR) is 82.4 cm³/mol. The minimum atomic E-state index is 0.636. The van der Waals surface area contributed by atoms with Crippen LogP contribution in [0.25, 0.3) is 0 Å². The number of hydrogen-bond donors (Lipinski definition) is 1. The standard InChI is InChI=1S/C17H27NO2/c1-5-14-6-7-17(12(14)2)18-11-13-8-15(19-3)10-16(9-13)20-4/h8-10,12,14,17-18H,5-7,11H2,1-4H3. The van der Waals surface area contributed by atoms with Gasteiger partial charge >= 0.3 is 0 Å². The van der Waals surface area contributed by atoms with Gasteiger partial charge in [0.05, 0.1) is 14.2 Å². The van der Waals surface area contributed by atoms with E-state index in [4.69, 9.17) is 9.47 Å². The van der Waals surface area contributed by atoms with E-state index in [0.29, 0.717) is 6.04 Å². The number of ether oxygens (including phenoxy) is 2. The lowest BCUT2D eigenvalue weighted by Crippen LogP contribution is -2.32. The van der Waals surface area contributed by atoms with Gasteiger partial charge in [0.15, 0.2) is 0 Å². The Morgan fingerprint density at radius 1 is 1.10 bits per heavy atom. The highest BCUT2D eigenvalue weighted by molar-refractivity contribution is 5.38. The molecule has 0 aromatic heterocycles. The van der Waals surface area contributed by atoms with Gasteiger partial charge in [0.1, 0.15) is 11.5 Å². The third kappa shape index (κ3) is 3.45. The van der Waals surface area contributed by atoms with E-state index in [9.17, 15) is 0 Å². The van der Waals surface area contributed by atoms with Gasteiger partial charge in [-0.3, -0.25) is 0 Å². The highest BCUT2D eigenvalue weighted by Crippen LogP contribution is 2.34. The second-order valence-corrected chi connectivity index (χ2v) is 5.81. The third-order valence-corrected chi connectivity index (χ3v) is 4.73. The van der Waals surface area contributed by atoms with E-state index >= 15 is 0 Å². The van der Waals surface area contributed by atoms with Crippen molar-refractivity contribution >= 4 is 0 Å². The van der Waals surface area contributed by atoms with Crippen molar-refractivity contribution in [2.45, 2.75) is 45.7 Å². The number of nitrogens with one attached hydrogen (secondary N) is 1. The smallest absolute Gasteiger partial charge is 0.122 e. The van der Waals surface area contributed by atoms with Gasteiger partial charge in [0.25, 0.3) is 0 Å². The zero-order valence-corrected chi connectivity index (χ0v) is 13.1. The Hall–Kier alpha value is -1.22. The van der Waals surface area contributed by atoms with E-state index in [-0.39, 0.29) is 0 Å². The molecule has 0 heterocycles. The number of benzene rings is 1. The Bertz CT molecular complexity index is 411. The maximum absolute atomic E-state index is 5.32. The van der Waals surface area contributed by atoms with Crippen LogP contribution in [0.2, 0.25) is 0 Å². The van der Waals surface area contributed by atoms with E-state index < -0.39 is 0 Å². The predicted octanol–water partition coefficient (Wildman–Crippen LogP) is 3.62. The van der Waals surface area contributed by atoms with Gasteiger partial charge in [-0.25, -0.2) is 0 Å². The van der Waals surface area contributed by atoms with Crippen LogP contribution in [-0.4, -0.2) is 20.3 Å². The van der Waals surface area contributed by atoms with Crippen molar-refractivity contribution in [3.05, 3.63) is 23.8 Å². The first-order valence-electron chi connectivity index (χ1n) is 7.63. The molecule has 3 nitrogen and oxygen atoms in total. The molecule has 3 heteroatoms.